The number of amides is 1. The minimum absolute atomic E-state index is 0.280. The lowest BCUT2D eigenvalue weighted by Gasteiger charge is -2.31. The molecule has 0 radical (unpaired) electrons. The van der Waals surface area contributed by atoms with Gasteiger partial charge in [-0.05, 0) is 44.6 Å². The molecule has 1 saturated carbocycles. The molecule has 0 spiro atoms. The van der Waals surface area contributed by atoms with Crippen LogP contribution >= 0.6 is 0 Å². The Morgan fingerprint density at radius 2 is 1.85 bits per heavy atom. The van der Waals surface area contributed by atoms with Gasteiger partial charge in [-0.15, -0.1) is 0 Å². The average Bonchev–Trinajstić information content (AvgIpc) is 3.16. The summed E-state index contributed by atoms with van der Waals surface area (Å²) >= 11 is 0. The van der Waals surface area contributed by atoms with Crippen molar-refractivity contribution in [1.29, 1.82) is 0 Å². The Morgan fingerprint density at radius 3 is 2.59 bits per heavy atom. The molecule has 2 unspecified atom stereocenters. The minimum Gasteiger partial charge on any atom is -0.355 e. The monoisotopic (exact) mass is 377 g/mol. The third kappa shape index (κ3) is 6.09. The van der Waals surface area contributed by atoms with Crippen molar-refractivity contribution < 1.29 is 4.79 Å². The fraction of sp³-hybridized carbons (Fsp3) is 0.905. The van der Waals surface area contributed by atoms with Gasteiger partial charge in [0.05, 0.1) is 0 Å². The highest BCUT2D eigenvalue weighted by molar-refractivity contribution is 5.81. The fourth-order valence-corrected chi connectivity index (χ4v) is 4.90. The van der Waals surface area contributed by atoms with Gasteiger partial charge in [0.1, 0.15) is 0 Å². The number of piperidine rings is 1. The summed E-state index contributed by atoms with van der Waals surface area (Å²) < 4.78 is 0. The molecule has 0 aromatic rings. The van der Waals surface area contributed by atoms with Crippen molar-refractivity contribution in [2.24, 2.45) is 16.8 Å². The number of nitrogens with one attached hydrogen (secondary N) is 2. The highest BCUT2D eigenvalue weighted by Gasteiger charge is 2.31. The zero-order valence-electron chi connectivity index (χ0n) is 17.4. The van der Waals surface area contributed by atoms with Crippen LogP contribution < -0.4 is 10.6 Å². The molecular weight excluding hydrogens is 338 g/mol. The third-order valence-corrected chi connectivity index (χ3v) is 6.48. The van der Waals surface area contributed by atoms with Crippen LogP contribution in [-0.2, 0) is 4.79 Å². The van der Waals surface area contributed by atoms with Crippen molar-refractivity contribution in [3.8, 4) is 0 Å². The second-order valence-corrected chi connectivity index (χ2v) is 8.80. The van der Waals surface area contributed by atoms with Crippen LogP contribution in [0.25, 0.3) is 0 Å². The molecule has 1 aliphatic carbocycles. The smallest absolute Gasteiger partial charge is 0.225 e. The lowest BCUT2D eigenvalue weighted by molar-refractivity contribution is -0.135. The first-order chi connectivity index (χ1) is 13.2. The summed E-state index contributed by atoms with van der Waals surface area (Å²) in [5.74, 6) is 2.36. The molecule has 6 heteroatoms. The van der Waals surface area contributed by atoms with Crippen LogP contribution in [0.3, 0.4) is 0 Å². The quantitative estimate of drug-likeness (QED) is 0.569. The molecule has 1 amide bonds. The molecule has 2 atom stereocenters. The molecule has 3 fully saturated rings. The van der Waals surface area contributed by atoms with E-state index in [-0.39, 0.29) is 5.92 Å². The van der Waals surface area contributed by atoms with Crippen molar-refractivity contribution in [2.45, 2.75) is 64.3 Å². The standard InChI is InChI=1S/C21H39N5O/c1-17-7-6-12-25(15-17)14-11-23-21(22-2)24-19-10-13-26(16-19)20(27)18-8-4-3-5-9-18/h17-19H,3-16H2,1-2H3,(H2,22,23,24). The molecule has 3 aliphatic rings. The van der Waals surface area contributed by atoms with Gasteiger partial charge < -0.3 is 20.4 Å². The SMILES string of the molecule is CN=C(NCCN1CCCC(C)C1)NC1CCN(C(=O)C2CCCCC2)C1. The second-order valence-electron chi connectivity index (χ2n) is 8.80. The van der Waals surface area contributed by atoms with Crippen LogP contribution in [0.15, 0.2) is 4.99 Å². The average molecular weight is 378 g/mol. The number of rotatable bonds is 5. The first kappa shape index (κ1) is 20.4. The van der Waals surface area contributed by atoms with E-state index in [0.717, 1.165) is 57.3 Å². The maximum atomic E-state index is 12.7. The predicted octanol–water partition coefficient (Wildman–Crippen LogP) is 2.06. The number of hydrogen-bond donors (Lipinski definition) is 2. The van der Waals surface area contributed by atoms with Gasteiger partial charge >= 0.3 is 0 Å². The summed E-state index contributed by atoms with van der Waals surface area (Å²) in [4.78, 5) is 21.7. The Balaban J connectivity index is 1.36. The van der Waals surface area contributed by atoms with E-state index < -0.39 is 0 Å². The van der Waals surface area contributed by atoms with E-state index >= 15 is 0 Å². The van der Waals surface area contributed by atoms with E-state index in [0.29, 0.717) is 11.9 Å². The number of guanidine groups is 1. The van der Waals surface area contributed by atoms with Crippen molar-refractivity contribution >= 4 is 11.9 Å². The maximum Gasteiger partial charge on any atom is 0.225 e. The number of carbonyl (C=O) groups is 1. The summed E-state index contributed by atoms with van der Waals surface area (Å²) in [7, 11) is 1.83. The van der Waals surface area contributed by atoms with Crippen LogP contribution in [-0.4, -0.2) is 74.0 Å². The van der Waals surface area contributed by atoms with E-state index in [2.05, 4.69) is 32.3 Å². The fourth-order valence-electron chi connectivity index (χ4n) is 4.90. The van der Waals surface area contributed by atoms with Crippen LogP contribution in [0.1, 0.15) is 58.3 Å². The Bertz CT molecular complexity index is 503. The topological polar surface area (TPSA) is 60.0 Å². The first-order valence-corrected chi connectivity index (χ1v) is 11.1. The van der Waals surface area contributed by atoms with E-state index in [1.54, 1.807) is 0 Å². The van der Waals surface area contributed by atoms with Crippen molar-refractivity contribution in [3.05, 3.63) is 0 Å². The van der Waals surface area contributed by atoms with Crippen LogP contribution in [0.5, 0.6) is 0 Å². The van der Waals surface area contributed by atoms with E-state index in [1.165, 1.54) is 45.2 Å². The molecule has 3 rings (SSSR count). The Hall–Kier alpha value is -1.30. The van der Waals surface area contributed by atoms with Crippen LogP contribution in [0, 0.1) is 11.8 Å². The molecule has 0 bridgehead atoms. The molecule has 27 heavy (non-hydrogen) atoms. The zero-order valence-corrected chi connectivity index (χ0v) is 17.4. The Labute approximate surface area is 165 Å². The minimum atomic E-state index is 0.280. The summed E-state index contributed by atoms with van der Waals surface area (Å²) in [6.45, 7) is 8.48. The normalized spacial score (nSPS) is 28.4. The van der Waals surface area contributed by atoms with Gasteiger partial charge in [-0.2, -0.15) is 0 Å². The van der Waals surface area contributed by atoms with Gasteiger partial charge in [-0.3, -0.25) is 9.79 Å². The van der Waals surface area contributed by atoms with Gasteiger partial charge in [-0.1, -0.05) is 26.2 Å². The zero-order chi connectivity index (χ0) is 19.1. The number of nitrogens with zero attached hydrogens (tertiary/aromatic N) is 3. The van der Waals surface area contributed by atoms with Crippen molar-refractivity contribution in [2.75, 3.05) is 46.3 Å². The molecule has 0 aromatic carbocycles. The summed E-state index contributed by atoms with van der Waals surface area (Å²) in [5, 5.41) is 6.99. The number of likely N-dealkylation sites (tertiary alicyclic amines) is 2. The molecule has 2 N–H and O–H groups in total. The van der Waals surface area contributed by atoms with Gasteiger partial charge in [0.25, 0.3) is 0 Å². The van der Waals surface area contributed by atoms with Crippen molar-refractivity contribution in [3.63, 3.8) is 0 Å². The molecule has 2 saturated heterocycles. The van der Waals surface area contributed by atoms with E-state index in [4.69, 9.17) is 0 Å². The first-order valence-electron chi connectivity index (χ1n) is 11.1. The molecule has 0 aromatic heterocycles. The summed E-state index contributed by atoms with van der Waals surface area (Å²) in [6, 6.07) is 0.318. The molecule has 2 heterocycles. The van der Waals surface area contributed by atoms with Gasteiger partial charge in [-0.25, -0.2) is 0 Å². The van der Waals surface area contributed by atoms with Gasteiger partial charge in [0, 0.05) is 51.7 Å². The van der Waals surface area contributed by atoms with Crippen LogP contribution in [0.2, 0.25) is 0 Å². The van der Waals surface area contributed by atoms with Gasteiger partial charge in [0.2, 0.25) is 5.91 Å². The number of hydrogen-bond acceptors (Lipinski definition) is 3. The molecule has 6 nitrogen and oxygen atoms in total. The lowest BCUT2D eigenvalue weighted by Crippen LogP contribution is -2.48. The summed E-state index contributed by atoms with van der Waals surface area (Å²) in [6.07, 6.45) is 9.62. The summed E-state index contributed by atoms with van der Waals surface area (Å²) in [5.41, 5.74) is 0. The highest BCUT2D eigenvalue weighted by Crippen LogP contribution is 2.26. The maximum absolute atomic E-state index is 12.7. The van der Waals surface area contributed by atoms with Gasteiger partial charge in [0.15, 0.2) is 5.96 Å². The predicted molar refractivity (Wildman–Crippen MR) is 111 cm³/mol. The molecule has 2 aliphatic heterocycles. The Morgan fingerprint density at radius 1 is 1.04 bits per heavy atom. The van der Waals surface area contributed by atoms with Crippen molar-refractivity contribution in [1.82, 2.24) is 20.4 Å². The lowest BCUT2D eigenvalue weighted by atomic mass is 9.88. The highest BCUT2D eigenvalue weighted by atomic mass is 16.2. The van der Waals surface area contributed by atoms with E-state index in [9.17, 15) is 4.79 Å². The second kappa shape index (κ2) is 10.3. The van der Waals surface area contributed by atoms with Crippen LogP contribution in [0.4, 0.5) is 0 Å². The Kier molecular flexibility index (Phi) is 7.80. The largest absolute Gasteiger partial charge is 0.355 e. The number of carbonyl (C=O) groups excluding carboxylic acids is 1. The third-order valence-electron chi connectivity index (χ3n) is 6.48. The number of aliphatic imine (C=N–C) groups is 1. The molecular formula is C21H39N5O. The molecule has 154 valence electrons. The van der Waals surface area contributed by atoms with E-state index in [1.807, 2.05) is 7.05 Å².